The van der Waals surface area contributed by atoms with Gasteiger partial charge in [0.2, 0.25) is 0 Å². The number of nitro benzene ring substituents is 1. The zero-order valence-electron chi connectivity index (χ0n) is 10.1. The summed E-state index contributed by atoms with van der Waals surface area (Å²) in [6.07, 6.45) is 1.61. The highest BCUT2D eigenvalue weighted by atomic mass is 16.6. The Morgan fingerprint density at radius 1 is 1.50 bits per heavy atom. The molecule has 0 aliphatic carbocycles. The summed E-state index contributed by atoms with van der Waals surface area (Å²) in [5, 5.41) is 17.9. The molecule has 0 saturated carbocycles. The van der Waals surface area contributed by atoms with E-state index in [1.165, 1.54) is 12.1 Å². The third kappa shape index (κ3) is 2.62. The van der Waals surface area contributed by atoms with E-state index < -0.39 is 4.92 Å². The minimum Gasteiger partial charge on any atom is -0.377 e. The molecule has 0 aliphatic heterocycles. The summed E-state index contributed by atoms with van der Waals surface area (Å²) >= 11 is 0. The van der Waals surface area contributed by atoms with Gasteiger partial charge >= 0.3 is 0 Å². The molecule has 1 aromatic carbocycles. The van der Waals surface area contributed by atoms with Gasteiger partial charge in [0.25, 0.3) is 5.69 Å². The maximum absolute atomic E-state index is 10.7. The third-order valence-corrected chi connectivity index (χ3v) is 2.52. The summed E-state index contributed by atoms with van der Waals surface area (Å²) in [4.78, 5) is 14.4. The summed E-state index contributed by atoms with van der Waals surface area (Å²) in [7, 11) is 1.79. The predicted molar refractivity (Wildman–Crippen MR) is 66.2 cm³/mol. The fraction of sp³-hybridized carbons (Fsp3) is 0.273. The van der Waals surface area contributed by atoms with Crippen LogP contribution < -0.4 is 5.32 Å². The number of nitrogens with one attached hydrogen (secondary N) is 1. The second-order valence-corrected chi connectivity index (χ2v) is 3.94. The van der Waals surface area contributed by atoms with Crippen LogP contribution in [0.3, 0.4) is 0 Å². The van der Waals surface area contributed by atoms with E-state index in [1.807, 2.05) is 6.92 Å². The van der Waals surface area contributed by atoms with Crippen LogP contribution in [0.4, 0.5) is 11.4 Å². The van der Waals surface area contributed by atoms with Crippen LogP contribution >= 0.6 is 0 Å². The van der Waals surface area contributed by atoms with E-state index in [9.17, 15) is 10.1 Å². The van der Waals surface area contributed by atoms with E-state index in [-0.39, 0.29) is 5.69 Å². The van der Waals surface area contributed by atoms with Crippen molar-refractivity contribution in [3.8, 4) is 0 Å². The largest absolute Gasteiger partial charge is 0.377 e. The molecule has 0 spiro atoms. The van der Waals surface area contributed by atoms with E-state index >= 15 is 0 Å². The lowest BCUT2D eigenvalue weighted by Crippen LogP contribution is -2.04. The van der Waals surface area contributed by atoms with Crippen LogP contribution in [0, 0.1) is 17.0 Å². The van der Waals surface area contributed by atoms with Crippen molar-refractivity contribution in [3.05, 3.63) is 46.0 Å². The van der Waals surface area contributed by atoms with Gasteiger partial charge in [-0.25, -0.2) is 4.98 Å². The van der Waals surface area contributed by atoms with Gasteiger partial charge in [-0.1, -0.05) is 6.07 Å². The number of benzene rings is 1. The normalized spacial score (nSPS) is 10.3. The molecular weight excluding hydrogens is 234 g/mol. The molecule has 0 unspecified atom stereocenters. The monoisotopic (exact) mass is 247 g/mol. The van der Waals surface area contributed by atoms with Crippen LogP contribution in [0.2, 0.25) is 0 Å². The standard InChI is InChI=1S/C11H13N5O2/c1-8-3-4-9(16(17)18)5-10(8)12-6-11-13-7-15(2)14-11/h3-5,7,12H,6H2,1-2H3. The topological polar surface area (TPSA) is 85.9 Å². The lowest BCUT2D eigenvalue weighted by molar-refractivity contribution is -0.384. The van der Waals surface area contributed by atoms with Crippen molar-refractivity contribution in [2.75, 3.05) is 5.32 Å². The van der Waals surface area contributed by atoms with Crippen LogP contribution in [0.25, 0.3) is 0 Å². The predicted octanol–water partition coefficient (Wildman–Crippen LogP) is 1.64. The van der Waals surface area contributed by atoms with Gasteiger partial charge in [0, 0.05) is 24.9 Å². The summed E-state index contributed by atoms with van der Waals surface area (Å²) in [6.45, 7) is 2.32. The van der Waals surface area contributed by atoms with Gasteiger partial charge in [-0.05, 0) is 12.5 Å². The van der Waals surface area contributed by atoms with Gasteiger partial charge in [-0.2, -0.15) is 5.10 Å². The molecule has 7 heteroatoms. The number of rotatable bonds is 4. The number of non-ortho nitro benzene ring substituents is 1. The number of anilines is 1. The minimum absolute atomic E-state index is 0.0667. The maximum atomic E-state index is 10.7. The molecule has 0 radical (unpaired) electrons. The zero-order valence-corrected chi connectivity index (χ0v) is 10.1. The van der Waals surface area contributed by atoms with Crippen LogP contribution in [0.1, 0.15) is 11.4 Å². The van der Waals surface area contributed by atoms with Crippen LogP contribution in [0.5, 0.6) is 0 Å². The van der Waals surface area contributed by atoms with Crippen molar-refractivity contribution in [3.63, 3.8) is 0 Å². The molecule has 18 heavy (non-hydrogen) atoms. The molecule has 0 fully saturated rings. The quantitative estimate of drug-likeness (QED) is 0.655. The Kier molecular flexibility index (Phi) is 3.22. The second-order valence-electron chi connectivity index (χ2n) is 3.94. The van der Waals surface area contributed by atoms with Gasteiger partial charge < -0.3 is 5.32 Å². The van der Waals surface area contributed by atoms with E-state index in [2.05, 4.69) is 15.4 Å². The highest BCUT2D eigenvalue weighted by Gasteiger charge is 2.08. The highest BCUT2D eigenvalue weighted by Crippen LogP contribution is 2.21. The van der Waals surface area contributed by atoms with Crippen LogP contribution in [0.15, 0.2) is 24.5 Å². The van der Waals surface area contributed by atoms with Gasteiger partial charge in [-0.15, -0.1) is 0 Å². The van der Waals surface area contributed by atoms with Crippen molar-refractivity contribution >= 4 is 11.4 Å². The summed E-state index contributed by atoms with van der Waals surface area (Å²) in [6, 6.07) is 4.71. The number of hydrogen-bond acceptors (Lipinski definition) is 5. The molecule has 0 atom stereocenters. The lowest BCUT2D eigenvalue weighted by Gasteiger charge is -2.07. The van der Waals surface area contributed by atoms with Crippen molar-refractivity contribution in [1.29, 1.82) is 0 Å². The van der Waals surface area contributed by atoms with Gasteiger partial charge in [0.15, 0.2) is 5.82 Å². The Bertz CT molecular complexity index is 579. The Labute approximate surface area is 104 Å². The summed E-state index contributed by atoms with van der Waals surface area (Å²) < 4.78 is 1.61. The molecule has 94 valence electrons. The lowest BCUT2D eigenvalue weighted by atomic mass is 10.2. The van der Waals surface area contributed by atoms with Crippen LogP contribution in [-0.4, -0.2) is 19.7 Å². The summed E-state index contributed by atoms with van der Waals surface area (Å²) in [5.74, 6) is 0.642. The first-order valence-electron chi connectivity index (χ1n) is 5.39. The van der Waals surface area contributed by atoms with Crippen molar-refractivity contribution in [1.82, 2.24) is 14.8 Å². The molecule has 0 aliphatic rings. The second kappa shape index (κ2) is 4.82. The number of hydrogen-bond donors (Lipinski definition) is 1. The van der Waals surface area contributed by atoms with Gasteiger partial charge in [-0.3, -0.25) is 14.8 Å². The van der Waals surface area contributed by atoms with Crippen molar-refractivity contribution < 1.29 is 4.92 Å². The Balaban J connectivity index is 2.13. The van der Waals surface area contributed by atoms with Crippen molar-refractivity contribution in [2.45, 2.75) is 13.5 Å². The number of nitrogens with zero attached hydrogens (tertiary/aromatic N) is 4. The minimum atomic E-state index is -0.413. The molecule has 0 amide bonds. The Morgan fingerprint density at radius 3 is 2.89 bits per heavy atom. The van der Waals surface area contributed by atoms with Gasteiger partial charge in [0.05, 0.1) is 11.5 Å². The molecular formula is C11H13N5O2. The number of aromatic nitrogens is 3. The van der Waals surface area contributed by atoms with E-state index in [0.29, 0.717) is 12.4 Å². The molecule has 1 heterocycles. The molecule has 1 N–H and O–H groups in total. The smallest absolute Gasteiger partial charge is 0.271 e. The molecule has 7 nitrogen and oxygen atoms in total. The highest BCUT2D eigenvalue weighted by molar-refractivity contribution is 5.56. The number of aryl methyl sites for hydroxylation is 2. The average Bonchev–Trinajstić information content (AvgIpc) is 2.74. The van der Waals surface area contributed by atoms with Gasteiger partial charge in [0.1, 0.15) is 6.33 Å². The first-order chi connectivity index (χ1) is 8.56. The van der Waals surface area contributed by atoms with E-state index in [0.717, 1.165) is 11.3 Å². The summed E-state index contributed by atoms with van der Waals surface area (Å²) in [5.41, 5.74) is 1.73. The first-order valence-corrected chi connectivity index (χ1v) is 5.39. The first kappa shape index (κ1) is 12.0. The van der Waals surface area contributed by atoms with Crippen LogP contribution in [-0.2, 0) is 13.6 Å². The third-order valence-electron chi connectivity index (χ3n) is 2.52. The molecule has 2 rings (SSSR count). The molecule has 1 aromatic heterocycles. The fourth-order valence-electron chi connectivity index (χ4n) is 1.55. The molecule has 2 aromatic rings. The SMILES string of the molecule is Cc1ccc([N+](=O)[O-])cc1NCc1ncn(C)n1. The van der Waals surface area contributed by atoms with E-state index in [1.54, 1.807) is 24.1 Å². The fourth-order valence-corrected chi connectivity index (χ4v) is 1.55. The Hall–Kier alpha value is -2.44. The van der Waals surface area contributed by atoms with E-state index in [4.69, 9.17) is 0 Å². The average molecular weight is 247 g/mol. The zero-order chi connectivity index (χ0) is 13.1. The molecule has 0 bridgehead atoms. The molecule has 0 saturated heterocycles. The number of nitro groups is 1. The maximum Gasteiger partial charge on any atom is 0.271 e. The Morgan fingerprint density at radius 2 is 2.28 bits per heavy atom. The van der Waals surface area contributed by atoms with Crippen molar-refractivity contribution in [2.24, 2.45) is 7.05 Å².